The first-order valence-electron chi connectivity index (χ1n) is 25.4. The zero-order valence-corrected chi connectivity index (χ0v) is 44.4. The highest BCUT2D eigenvalue weighted by Gasteiger charge is 2.25. The molecule has 3 aliphatic rings. The SMILES string of the molecule is C#C.CCCNC(=O)C1=Cc2ncc(C(=O)N3CCCC3)cc2N=C(N)C1.CCO.O=CNCCOCCOCCOCCOCCOCCOCCOCCOCCOCCOCCNC(=O)CN1C(=O)C=CC1=O. The minimum Gasteiger partial charge on any atom is -0.397 e. The first-order chi connectivity index (χ1) is 37.1. The van der Waals surface area contributed by atoms with E-state index in [0.717, 1.165) is 49.4 Å². The van der Waals surface area contributed by atoms with Gasteiger partial charge in [0, 0.05) is 69.7 Å². The average Bonchev–Trinajstić information content (AvgIpc) is 4.04. The van der Waals surface area contributed by atoms with Gasteiger partial charge in [-0.25, -0.2) is 4.99 Å². The van der Waals surface area contributed by atoms with E-state index in [1.807, 2.05) is 11.8 Å². The summed E-state index contributed by atoms with van der Waals surface area (Å²) in [6, 6.07) is 1.71. The largest absolute Gasteiger partial charge is 0.397 e. The summed E-state index contributed by atoms with van der Waals surface area (Å²) in [4.78, 5) is 80.8. The molecule has 0 spiro atoms. The lowest BCUT2D eigenvalue weighted by molar-refractivity contribution is -0.141. The van der Waals surface area contributed by atoms with Crippen LogP contribution in [0.4, 0.5) is 5.69 Å². The normalized spacial score (nSPS) is 13.4. The maximum absolute atomic E-state index is 12.5. The molecule has 0 radical (unpaired) electrons. The molecule has 25 nitrogen and oxygen atoms in total. The Bertz CT molecular complexity index is 1860. The molecule has 4 rings (SSSR count). The van der Waals surface area contributed by atoms with Crippen LogP contribution in [-0.4, -0.2) is 240 Å². The summed E-state index contributed by atoms with van der Waals surface area (Å²) >= 11 is 0. The summed E-state index contributed by atoms with van der Waals surface area (Å²) in [5, 5.41) is 15.5. The van der Waals surface area contributed by atoms with E-state index in [9.17, 15) is 28.8 Å². The van der Waals surface area contributed by atoms with Crippen LogP contribution in [0.2, 0.25) is 0 Å². The number of nitrogens with one attached hydrogen (secondary N) is 3. The topological polar surface area (TPSA) is 309 Å². The van der Waals surface area contributed by atoms with Crippen LogP contribution in [0.25, 0.3) is 6.08 Å². The number of amides is 6. The number of nitrogens with zero attached hydrogens (tertiary/aromatic N) is 4. The lowest BCUT2D eigenvalue weighted by Crippen LogP contribution is -2.41. The summed E-state index contributed by atoms with van der Waals surface area (Å²) in [6.07, 6.45) is 17.4. The van der Waals surface area contributed by atoms with Crippen LogP contribution in [0, 0.1) is 12.8 Å². The first kappa shape index (κ1) is 68.3. The average molecular weight is 1080 g/mol. The van der Waals surface area contributed by atoms with Crippen molar-refractivity contribution >= 4 is 53.5 Å². The molecule has 1 saturated heterocycles. The number of amidine groups is 1. The third-order valence-electron chi connectivity index (χ3n) is 9.90. The molecule has 1 aromatic rings. The predicted octanol–water partition coefficient (Wildman–Crippen LogP) is -0.193. The van der Waals surface area contributed by atoms with E-state index >= 15 is 0 Å². The van der Waals surface area contributed by atoms with E-state index in [2.05, 4.69) is 38.8 Å². The van der Waals surface area contributed by atoms with Crippen molar-refractivity contribution in [2.75, 3.05) is 178 Å². The number of carbonyl (C=O) groups excluding carboxylic acids is 6. The third-order valence-corrected chi connectivity index (χ3v) is 9.90. The third kappa shape index (κ3) is 34.0. The van der Waals surface area contributed by atoms with Crippen LogP contribution in [0.15, 0.2) is 35.0 Å². The molecule has 1 aromatic heterocycles. The highest BCUT2D eigenvalue weighted by molar-refractivity contribution is 6.14. The van der Waals surface area contributed by atoms with Gasteiger partial charge in [0.2, 0.25) is 18.2 Å². The number of carbonyl (C=O) groups is 6. The zero-order chi connectivity index (χ0) is 55.7. The number of aromatic nitrogens is 1. The molecule has 0 saturated carbocycles. The van der Waals surface area contributed by atoms with Gasteiger partial charge in [0.1, 0.15) is 12.4 Å². The standard InChI is InChI=1S/C29H51N3O14.C18H23N5O2.C2H6O.C2H2/c33-26-30-3-5-37-7-9-39-11-13-41-15-17-43-19-21-45-23-24-46-22-20-44-18-16-42-14-12-40-10-8-38-6-4-31-27(34)25-32-28(35)1-2-29(32)36;1-2-5-20-17(24)12-8-14-15(22-16(19)10-12)9-13(11-21-14)18(25)23-6-3-4-7-23;1-2-3;1-2/h1-2,26H,3-25H2,(H,30,33)(H,31,34);8-9,11H,2-7,10H2,1H3,(H2,19,22)(H,20,24);3H,2H2,1H3;1-2H. The molecule has 0 aromatic carbocycles. The molecule has 428 valence electrons. The number of pyridine rings is 1. The van der Waals surface area contributed by atoms with Gasteiger partial charge in [0.05, 0.1) is 149 Å². The Hall–Kier alpha value is -5.76. The minimum absolute atomic E-state index is 0.0317. The van der Waals surface area contributed by atoms with Crippen LogP contribution >= 0.6 is 0 Å². The molecule has 4 heterocycles. The second-order valence-corrected chi connectivity index (χ2v) is 15.8. The van der Waals surface area contributed by atoms with E-state index in [4.69, 9.17) is 58.2 Å². The summed E-state index contributed by atoms with van der Waals surface area (Å²) in [7, 11) is 0. The Morgan fingerprint density at radius 1 is 0.671 bits per heavy atom. The minimum atomic E-state index is -0.493. The summed E-state index contributed by atoms with van der Waals surface area (Å²) in [5.41, 5.74) is 8.08. The highest BCUT2D eigenvalue weighted by Crippen LogP contribution is 2.27. The quantitative estimate of drug-likeness (QED) is 0.0246. The maximum atomic E-state index is 12.5. The molecule has 0 bridgehead atoms. The van der Waals surface area contributed by atoms with Crippen molar-refractivity contribution in [1.82, 2.24) is 30.7 Å². The molecule has 6 N–H and O–H groups in total. The van der Waals surface area contributed by atoms with Crippen molar-refractivity contribution in [3.63, 3.8) is 0 Å². The maximum Gasteiger partial charge on any atom is 0.255 e. The molecule has 3 aliphatic heterocycles. The van der Waals surface area contributed by atoms with Gasteiger partial charge in [-0.15, -0.1) is 12.8 Å². The van der Waals surface area contributed by atoms with Crippen LogP contribution in [0.5, 0.6) is 0 Å². The Labute approximate surface area is 446 Å². The monoisotopic (exact) mass is 1080 g/mol. The number of nitrogens with two attached hydrogens (primary N) is 1. The summed E-state index contributed by atoms with van der Waals surface area (Å²) in [5.74, 6) is -1.27. The molecule has 76 heavy (non-hydrogen) atoms. The van der Waals surface area contributed by atoms with Crippen molar-refractivity contribution < 1.29 is 81.2 Å². The fraction of sp³-hybridized carbons (Fsp3) is 0.647. The molecule has 0 aliphatic carbocycles. The van der Waals surface area contributed by atoms with Gasteiger partial charge in [-0.3, -0.25) is 38.7 Å². The van der Waals surface area contributed by atoms with E-state index < -0.39 is 17.7 Å². The molecule has 25 heteroatoms. The van der Waals surface area contributed by atoms with Crippen molar-refractivity contribution in [3.05, 3.63) is 41.2 Å². The molecule has 1 fully saturated rings. The number of aliphatic imine (C=N–C) groups is 1. The van der Waals surface area contributed by atoms with Crippen LogP contribution in [0.1, 0.15) is 55.6 Å². The predicted molar refractivity (Wildman–Crippen MR) is 280 cm³/mol. The Morgan fingerprint density at radius 3 is 1.51 bits per heavy atom. The van der Waals surface area contributed by atoms with Gasteiger partial charge in [-0.2, -0.15) is 0 Å². The van der Waals surface area contributed by atoms with Gasteiger partial charge in [-0.05, 0) is 38.3 Å². The number of hydrogen-bond donors (Lipinski definition) is 5. The van der Waals surface area contributed by atoms with Crippen molar-refractivity contribution in [2.45, 2.75) is 39.5 Å². The Balaban J connectivity index is 0.000000799. The Morgan fingerprint density at radius 2 is 1.09 bits per heavy atom. The molecule has 0 unspecified atom stereocenters. The van der Waals surface area contributed by atoms with Crippen molar-refractivity contribution in [2.24, 2.45) is 10.7 Å². The van der Waals surface area contributed by atoms with Crippen LogP contribution in [0.3, 0.4) is 0 Å². The second kappa shape index (κ2) is 47.7. The number of imide groups is 1. The van der Waals surface area contributed by atoms with E-state index in [1.54, 1.807) is 25.3 Å². The van der Waals surface area contributed by atoms with E-state index in [0.29, 0.717) is 173 Å². The number of rotatable bonds is 40. The van der Waals surface area contributed by atoms with Gasteiger partial charge < -0.3 is 79.1 Å². The Kier molecular flexibility index (Phi) is 42.8. The molecule has 0 atom stereocenters. The van der Waals surface area contributed by atoms with Gasteiger partial charge >= 0.3 is 0 Å². The molecule has 6 amide bonds. The van der Waals surface area contributed by atoms with Crippen LogP contribution in [-0.2, 0) is 71.3 Å². The number of fused-ring (bicyclic) bond motifs is 1. The molecular formula is C51H82N8O17. The first-order valence-corrected chi connectivity index (χ1v) is 25.4. The fourth-order valence-corrected chi connectivity index (χ4v) is 6.31. The highest BCUT2D eigenvalue weighted by atomic mass is 16.6. The van der Waals surface area contributed by atoms with Crippen molar-refractivity contribution in [3.8, 4) is 12.8 Å². The van der Waals surface area contributed by atoms with Gasteiger partial charge in [-0.1, -0.05) is 6.92 Å². The zero-order valence-electron chi connectivity index (χ0n) is 44.4. The lowest BCUT2D eigenvalue weighted by atomic mass is 10.1. The van der Waals surface area contributed by atoms with Crippen molar-refractivity contribution in [1.29, 1.82) is 0 Å². The number of terminal acetylenes is 1. The molecular weight excluding hydrogens is 997 g/mol. The lowest BCUT2D eigenvalue weighted by Gasteiger charge is -2.15. The number of hydrogen-bond acceptors (Lipinski definition) is 20. The number of ether oxygens (including phenoxy) is 10. The van der Waals surface area contributed by atoms with Crippen LogP contribution < -0.4 is 21.7 Å². The van der Waals surface area contributed by atoms with E-state index in [1.165, 1.54) is 0 Å². The van der Waals surface area contributed by atoms with Gasteiger partial charge in [0.15, 0.2) is 0 Å². The number of likely N-dealkylation sites (tertiary alicyclic amines) is 1. The summed E-state index contributed by atoms with van der Waals surface area (Å²) < 4.78 is 54.0. The smallest absolute Gasteiger partial charge is 0.255 e. The summed E-state index contributed by atoms with van der Waals surface area (Å²) in [6.45, 7) is 15.5. The van der Waals surface area contributed by atoms with E-state index in [-0.39, 0.29) is 44.5 Å². The van der Waals surface area contributed by atoms with Gasteiger partial charge in [0.25, 0.3) is 17.7 Å². The number of aliphatic hydroxyl groups is 1. The number of aliphatic hydroxyl groups excluding tert-OH is 1. The fourth-order valence-electron chi connectivity index (χ4n) is 6.31. The second-order valence-electron chi connectivity index (χ2n) is 15.8.